The van der Waals surface area contributed by atoms with Crippen LogP contribution in [0.1, 0.15) is 68.4 Å². The normalized spacial score (nSPS) is 24.8. The number of sulfone groups is 1. The van der Waals surface area contributed by atoms with E-state index in [4.69, 9.17) is 0 Å². The van der Waals surface area contributed by atoms with E-state index < -0.39 is 9.84 Å². The van der Waals surface area contributed by atoms with Crippen molar-refractivity contribution in [1.29, 1.82) is 0 Å². The van der Waals surface area contributed by atoms with Crippen LogP contribution in [-0.4, -0.2) is 80.5 Å². The number of amides is 2. The molecule has 2 unspecified atom stereocenters. The third-order valence-electron chi connectivity index (χ3n) is 10.6. The zero-order valence-electron chi connectivity index (χ0n) is 25.3. The monoisotopic (exact) mass is 627 g/mol. The second-order valence-corrected chi connectivity index (χ2v) is 15.3. The van der Waals surface area contributed by atoms with Crippen molar-refractivity contribution < 1.29 is 18.0 Å². The van der Waals surface area contributed by atoms with E-state index in [1.165, 1.54) is 31.1 Å². The maximum atomic E-state index is 13.6. The number of likely N-dealkylation sites (tertiary alicyclic amines) is 3. The fourth-order valence-corrected chi connectivity index (χ4v) is 8.62. The molecular weight excluding hydrogens is 582 g/mol. The SMILES string of the molecule is CS(=O)(=O)c1ccc(CN2CCC3(CCN(CC4CN(C(=O)C5CCCCC5)CC4c4ccccc4)CC3)C2=O)cc1.Cl. The fraction of sp³-hybridized carbons (Fsp3) is 0.588. The van der Waals surface area contributed by atoms with Crippen molar-refractivity contribution in [1.82, 2.24) is 14.7 Å². The lowest BCUT2D eigenvalue weighted by atomic mass is 9.76. The molecule has 0 aromatic heterocycles. The molecule has 3 heterocycles. The van der Waals surface area contributed by atoms with Crippen molar-refractivity contribution in [2.75, 3.05) is 45.5 Å². The van der Waals surface area contributed by atoms with Gasteiger partial charge in [0.05, 0.1) is 10.3 Å². The summed E-state index contributed by atoms with van der Waals surface area (Å²) < 4.78 is 23.6. The van der Waals surface area contributed by atoms with Gasteiger partial charge in [0.1, 0.15) is 0 Å². The molecule has 9 heteroatoms. The zero-order chi connectivity index (χ0) is 29.3. The average molecular weight is 628 g/mol. The minimum absolute atomic E-state index is 0. The van der Waals surface area contributed by atoms with E-state index in [9.17, 15) is 18.0 Å². The molecule has 2 aromatic carbocycles. The first kappa shape index (κ1) is 32.0. The molecule has 4 aliphatic rings. The predicted molar refractivity (Wildman–Crippen MR) is 171 cm³/mol. The second kappa shape index (κ2) is 13.3. The quantitative estimate of drug-likeness (QED) is 0.424. The Bertz CT molecular complexity index is 1370. The molecule has 2 atom stereocenters. The number of piperidine rings is 1. The Morgan fingerprint density at radius 2 is 1.53 bits per heavy atom. The summed E-state index contributed by atoms with van der Waals surface area (Å²) in [5.74, 6) is 1.59. The van der Waals surface area contributed by atoms with Crippen LogP contribution >= 0.6 is 12.4 Å². The Labute approximate surface area is 263 Å². The largest absolute Gasteiger partial charge is 0.341 e. The number of rotatable bonds is 7. The van der Waals surface area contributed by atoms with Crippen LogP contribution in [0, 0.1) is 17.3 Å². The van der Waals surface area contributed by atoms with Crippen LogP contribution in [0.15, 0.2) is 59.5 Å². The van der Waals surface area contributed by atoms with E-state index in [0.717, 1.165) is 76.9 Å². The first-order valence-electron chi connectivity index (χ1n) is 15.9. The molecule has 1 spiro atoms. The van der Waals surface area contributed by atoms with Gasteiger partial charge in [-0.05, 0) is 74.4 Å². The van der Waals surface area contributed by atoms with Crippen molar-refractivity contribution >= 4 is 34.1 Å². The van der Waals surface area contributed by atoms with E-state index in [-0.39, 0.29) is 29.6 Å². The maximum absolute atomic E-state index is 13.6. The Kier molecular flexibility index (Phi) is 9.89. The molecule has 4 fully saturated rings. The molecule has 2 aromatic rings. The minimum Gasteiger partial charge on any atom is -0.341 e. The van der Waals surface area contributed by atoms with Gasteiger partial charge in [-0.15, -0.1) is 12.4 Å². The first-order chi connectivity index (χ1) is 20.2. The maximum Gasteiger partial charge on any atom is 0.229 e. The molecular formula is C34H46ClN3O4S. The van der Waals surface area contributed by atoms with Crippen LogP contribution in [0.25, 0.3) is 0 Å². The summed E-state index contributed by atoms with van der Waals surface area (Å²) in [6, 6.07) is 17.6. The molecule has 6 rings (SSSR count). The second-order valence-electron chi connectivity index (χ2n) is 13.3. The Hall–Kier alpha value is -2.42. The van der Waals surface area contributed by atoms with Gasteiger partial charge in [0.15, 0.2) is 9.84 Å². The summed E-state index contributed by atoms with van der Waals surface area (Å²) in [5, 5.41) is 0. The molecule has 3 aliphatic heterocycles. The van der Waals surface area contributed by atoms with Crippen LogP contribution in [-0.2, 0) is 26.0 Å². The van der Waals surface area contributed by atoms with Gasteiger partial charge in [0.2, 0.25) is 11.8 Å². The number of benzene rings is 2. The van der Waals surface area contributed by atoms with Gasteiger partial charge in [-0.25, -0.2) is 8.42 Å². The fourth-order valence-electron chi connectivity index (χ4n) is 7.99. The van der Waals surface area contributed by atoms with Gasteiger partial charge >= 0.3 is 0 Å². The van der Waals surface area contributed by atoms with Crippen molar-refractivity contribution in [2.45, 2.75) is 68.7 Å². The highest BCUT2D eigenvalue weighted by atomic mass is 35.5. The lowest BCUT2D eigenvalue weighted by molar-refractivity contribution is -0.139. The molecule has 0 bridgehead atoms. The molecule has 0 radical (unpaired) electrons. The molecule has 3 saturated heterocycles. The summed E-state index contributed by atoms with van der Waals surface area (Å²) in [6.45, 7) is 5.73. The highest BCUT2D eigenvalue weighted by Gasteiger charge is 2.48. The van der Waals surface area contributed by atoms with Crippen molar-refractivity contribution in [3.63, 3.8) is 0 Å². The minimum atomic E-state index is -3.23. The van der Waals surface area contributed by atoms with Crippen molar-refractivity contribution in [3.05, 3.63) is 65.7 Å². The first-order valence-corrected chi connectivity index (χ1v) is 17.8. The summed E-state index contributed by atoms with van der Waals surface area (Å²) in [4.78, 5) is 34.1. The highest BCUT2D eigenvalue weighted by molar-refractivity contribution is 7.90. The number of hydrogen-bond donors (Lipinski definition) is 0. The van der Waals surface area contributed by atoms with E-state index in [0.29, 0.717) is 29.2 Å². The molecule has 1 saturated carbocycles. The lowest BCUT2D eigenvalue weighted by Crippen LogP contribution is -2.46. The van der Waals surface area contributed by atoms with Crippen LogP contribution < -0.4 is 0 Å². The number of nitrogens with zero attached hydrogens (tertiary/aromatic N) is 3. The number of halogens is 1. The Morgan fingerprint density at radius 3 is 2.19 bits per heavy atom. The van der Waals surface area contributed by atoms with E-state index in [2.05, 4.69) is 40.1 Å². The topological polar surface area (TPSA) is 78.0 Å². The summed E-state index contributed by atoms with van der Waals surface area (Å²) in [7, 11) is -3.23. The van der Waals surface area contributed by atoms with E-state index in [1.54, 1.807) is 12.1 Å². The standard InChI is InChI=1S/C34H45N3O4S.ClH/c1-42(40,41)30-14-12-26(13-15-30)22-36-21-18-34(33(36)39)16-19-35(20-17-34)23-29-24-37(32(38)28-10-6-3-7-11-28)25-31(29)27-8-4-2-5-9-27;/h2,4-5,8-9,12-15,28-29,31H,3,6-7,10-11,16-25H2,1H3;1H. The number of carbonyl (C=O) groups excluding carboxylic acids is 2. The average Bonchev–Trinajstić information content (AvgIpc) is 3.56. The van der Waals surface area contributed by atoms with Crippen molar-refractivity contribution in [2.24, 2.45) is 17.3 Å². The van der Waals surface area contributed by atoms with Gasteiger partial charge < -0.3 is 14.7 Å². The molecule has 234 valence electrons. The predicted octanol–water partition coefficient (Wildman–Crippen LogP) is 5.15. The van der Waals surface area contributed by atoms with Crippen LogP contribution in [0.3, 0.4) is 0 Å². The number of hydrogen-bond acceptors (Lipinski definition) is 5. The van der Waals surface area contributed by atoms with Gasteiger partial charge in [0.25, 0.3) is 0 Å². The zero-order valence-corrected chi connectivity index (χ0v) is 27.0. The summed E-state index contributed by atoms with van der Waals surface area (Å²) in [6.07, 6.45) is 9.56. The van der Waals surface area contributed by atoms with Gasteiger partial charge in [-0.2, -0.15) is 0 Å². The van der Waals surface area contributed by atoms with Gasteiger partial charge in [-0.3, -0.25) is 9.59 Å². The Balaban J connectivity index is 0.00000368. The molecule has 7 nitrogen and oxygen atoms in total. The smallest absolute Gasteiger partial charge is 0.229 e. The van der Waals surface area contributed by atoms with Crippen molar-refractivity contribution in [3.8, 4) is 0 Å². The molecule has 0 N–H and O–H groups in total. The van der Waals surface area contributed by atoms with Crippen LogP contribution in [0.4, 0.5) is 0 Å². The third-order valence-corrected chi connectivity index (χ3v) is 11.7. The summed E-state index contributed by atoms with van der Waals surface area (Å²) >= 11 is 0. The third kappa shape index (κ3) is 6.97. The van der Waals surface area contributed by atoms with Crippen LogP contribution in [0.5, 0.6) is 0 Å². The Morgan fingerprint density at radius 1 is 0.884 bits per heavy atom. The number of carbonyl (C=O) groups is 2. The summed E-state index contributed by atoms with van der Waals surface area (Å²) in [5.41, 5.74) is 2.02. The molecule has 2 amide bonds. The van der Waals surface area contributed by atoms with Gasteiger partial charge in [0, 0.05) is 50.8 Å². The van der Waals surface area contributed by atoms with Crippen LogP contribution in [0.2, 0.25) is 0 Å². The van der Waals surface area contributed by atoms with Gasteiger partial charge in [-0.1, -0.05) is 61.7 Å². The lowest BCUT2D eigenvalue weighted by Gasteiger charge is -2.39. The highest BCUT2D eigenvalue weighted by Crippen LogP contribution is 2.43. The van der Waals surface area contributed by atoms with E-state index in [1.807, 2.05) is 17.0 Å². The van der Waals surface area contributed by atoms with E-state index >= 15 is 0 Å². The molecule has 1 aliphatic carbocycles. The molecule has 43 heavy (non-hydrogen) atoms.